The molecule has 2 rings (SSSR count). The molecule has 1 aromatic rings. The normalized spacial score (nSPS) is 19.6. The summed E-state index contributed by atoms with van der Waals surface area (Å²) >= 11 is 0. The van der Waals surface area contributed by atoms with Crippen LogP contribution in [0.3, 0.4) is 0 Å². The van der Waals surface area contributed by atoms with E-state index in [-0.39, 0.29) is 12.6 Å². The van der Waals surface area contributed by atoms with Crippen LogP contribution < -0.4 is 11.1 Å². The van der Waals surface area contributed by atoms with Crippen LogP contribution in [0.5, 0.6) is 0 Å². The highest BCUT2D eigenvalue weighted by Crippen LogP contribution is 2.23. The van der Waals surface area contributed by atoms with Crippen molar-refractivity contribution in [1.82, 2.24) is 5.32 Å². The van der Waals surface area contributed by atoms with Gasteiger partial charge < -0.3 is 20.5 Å². The van der Waals surface area contributed by atoms with Crippen LogP contribution in [0.4, 0.5) is 0 Å². The number of esters is 1. The molecule has 0 bridgehead atoms. The Bertz CT molecular complexity index is 436. The van der Waals surface area contributed by atoms with Crippen molar-refractivity contribution in [2.45, 2.75) is 25.6 Å². The number of carbonyl (C=O) groups excluding carboxylic acids is 1. The van der Waals surface area contributed by atoms with Crippen molar-refractivity contribution in [2.24, 2.45) is 5.73 Å². The van der Waals surface area contributed by atoms with E-state index in [1.807, 2.05) is 31.2 Å². The maximum absolute atomic E-state index is 12.1. The second-order valence-corrected chi connectivity index (χ2v) is 4.46. The third-order valence-electron chi connectivity index (χ3n) is 3.12. The van der Waals surface area contributed by atoms with Gasteiger partial charge in [-0.1, -0.05) is 24.3 Å². The largest absolute Gasteiger partial charge is 0.460 e. The molecule has 104 valence electrons. The Balaban J connectivity index is 1.97. The standard InChI is InChI=1S/C14H20N2O3/c1-2-18-12(15)9-19-14(17)13-11-6-4-3-5-10(11)7-8-16-13/h3-6,12-13,16H,2,7-9,15H2,1H3. The summed E-state index contributed by atoms with van der Waals surface area (Å²) in [5.74, 6) is -0.303. The van der Waals surface area contributed by atoms with Crippen LogP contribution >= 0.6 is 0 Å². The Kier molecular flexibility index (Phi) is 4.90. The zero-order valence-corrected chi connectivity index (χ0v) is 11.1. The van der Waals surface area contributed by atoms with Crippen molar-refractivity contribution in [3.05, 3.63) is 35.4 Å². The minimum Gasteiger partial charge on any atom is -0.460 e. The predicted molar refractivity (Wildman–Crippen MR) is 71.5 cm³/mol. The third-order valence-corrected chi connectivity index (χ3v) is 3.12. The van der Waals surface area contributed by atoms with Crippen LogP contribution in [-0.4, -0.2) is 32.0 Å². The van der Waals surface area contributed by atoms with E-state index in [0.717, 1.165) is 18.5 Å². The smallest absolute Gasteiger partial charge is 0.327 e. The van der Waals surface area contributed by atoms with Gasteiger partial charge in [-0.25, -0.2) is 4.79 Å². The predicted octanol–water partition coefficient (Wildman–Crippen LogP) is 0.738. The fraction of sp³-hybridized carbons (Fsp3) is 0.500. The van der Waals surface area contributed by atoms with Gasteiger partial charge in [0.1, 0.15) is 18.9 Å². The molecule has 0 amide bonds. The van der Waals surface area contributed by atoms with Crippen LogP contribution in [0.25, 0.3) is 0 Å². The van der Waals surface area contributed by atoms with Crippen molar-refractivity contribution >= 4 is 5.97 Å². The monoisotopic (exact) mass is 264 g/mol. The SMILES string of the molecule is CCOC(N)COC(=O)C1NCCc2ccccc21. The molecular weight excluding hydrogens is 244 g/mol. The number of benzene rings is 1. The average Bonchev–Trinajstić information content (AvgIpc) is 2.44. The van der Waals surface area contributed by atoms with E-state index in [1.165, 1.54) is 5.56 Å². The minimum atomic E-state index is -0.562. The lowest BCUT2D eigenvalue weighted by atomic mass is 9.94. The molecule has 5 heteroatoms. The molecule has 0 aromatic heterocycles. The summed E-state index contributed by atoms with van der Waals surface area (Å²) in [6, 6.07) is 7.51. The van der Waals surface area contributed by atoms with Crippen LogP contribution in [0.15, 0.2) is 24.3 Å². The maximum atomic E-state index is 12.1. The van der Waals surface area contributed by atoms with E-state index in [9.17, 15) is 4.79 Å². The Hall–Kier alpha value is -1.43. The summed E-state index contributed by atoms with van der Waals surface area (Å²) in [5.41, 5.74) is 7.82. The molecular formula is C14H20N2O3. The van der Waals surface area contributed by atoms with Crippen molar-refractivity contribution in [1.29, 1.82) is 0 Å². The number of hydrogen-bond donors (Lipinski definition) is 2. The molecule has 0 aliphatic carbocycles. The number of fused-ring (bicyclic) bond motifs is 1. The molecule has 0 fully saturated rings. The van der Waals surface area contributed by atoms with E-state index < -0.39 is 12.3 Å². The molecule has 1 aliphatic heterocycles. The highest BCUT2D eigenvalue weighted by Gasteiger charge is 2.27. The number of ether oxygens (including phenoxy) is 2. The Morgan fingerprint density at radius 2 is 2.32 bits per heavy atom. The quantitative estimate of drug-likeness (QED) is 0.606. The van der Waals surface area contributed by atoms with Crippen molar-refractivity contribution in [3.63, 3.8) is 0 Å². The molecule has 0 spiro atoms. The van der Waals surface area contributed by atoms with Crippen molar-refractivity contribution in [2.75, 3.05) is 19.8 Å². The Morgan fingerprint density at radius 3 is 3.11 bits per heavy atom. The highest BCUT2D eigenvalue weighted by molar-refractivity contribution is 5.78. The zero-order chi connectivity index (χ0) is 13.7. The van der Waals surface area contributed by atoms with Crippen LogP contribution in [-0.2, 0) is 20.7 Å². The van der Waals surface area contributed by atoms with Gasteiger partial charge in [0.15, 0.2) is 0 Å². The molecule has 0 radical (unpaired) electrons. The molecule has 3 N–H and O–H groups in total. The summed E-state index contributed by atoms with van der Waals surface area (Å²) in [4.78, 5) is 12.1. The molecule has 0 saturated carbocycles. The van der Waals surface area contributed by atoms with Crippen molar-refractivity contribution in [3.8, 4) is 0 Å². The summed E-state index contributed by atoms with van der Waals surface area (Å²) in [7, 11) is 0. The molecule has 5 nitrogen and oxygen atoms in total. The van der Waals surface area contributed by atoms with E-state index in [2.05, 4.69) is 5.32 Å². The van der Waals surface area contributed by atoms with E-state index >= 15 is 0 Å². The van der Waals surface area contributed by atoms with Crippen LogP contribution in [0.2, 0.25) is 0 Å². The molecule has 1 aromatic carbocycles. The third kappa shape index (κ3) is 3.53. The lowest BCUT2D eigenvalue weighted by Gasteiger charge is -2.25. The summed E-state index contributed by atoms with van der Waals surface area (Å²) < 4.78 is 10.3. The van der Waals surface area contributed by atoms with Gasteiger partial charge in [0.05, 0.1) is 0 Å². The van der Waals surface area contributed by atoms with E-state index in [1.54, 1.807) is 0 Å². The first-order chi connectivity index (χ1) is 9.22. The van der Waals surface area contributed by atoms with E-state index in [4.69, 9.17) is 15.2 Å². The summed E-state index contributed by atoms with van der Waals surface area (Å²) in [6.07, 6.45) is 0.367. The molecule has 0 saturated heterocycles. The summed E-state index contributed by atoms with van der Waals surface area (Å²) in [5, 5.41) is 3.17. The van der Waals surface area contributed by atoms with Gasteiger partial charge in [0, 0.05) is 13.2 Å². The first-order valence-electron chi connectivity index (χ1n) is 6.57. The second kappa shape index (κ2) is 6.65. The van der Waals surface area contributed by atoms with Gasteiger partial charge >= 0.3 is 5.97 Å². The zero-order valence-electron chi connectivity index (χ0n) is 11.1. The number of hydrogen-bond acceptors (Lipinski definition) is 5. The van der Waals surface area contributed by atoms with Crippen LogP contribution in [0.1, 0.15) is 24.1 Å². The van der Waals surface area contributed by atoms with E-state index in [0.29, 0.717) is 6.61 Å². The minimum absolute atomic E-state index is 0.0764. The molecule has 2 unspecified atom stereocenters. The molecule has 2 atom stereocenters. The lowest BCUT2D eigenvalue weighted by Crippen LogP contribution is -2.38. The van der Waals surface area contributed by atoms with Crippen molar-refractivity contribution < 1.29 is 14.3 Å². The molecule has 1 heterocycles. The Labute approximate surface area is 113 Å². The maximum Gasteiger partial charge on any atom is 0.327 e. The van der Waals surface area contributed by atoms with Gasteiger partial charge in [0.2, 0.25) is 0 Å². The molecule has 1 aliphatic rings. The number of nitrogens with two attached hydrogens (primary N) is 1. The summed E-state index contributed by atoms with van der Waals surface area (Å²) in [6.45, 7) is 3.20. The van der Waals surface area contributed by atoms with Gasteiger partial charge in [-0.15, -0.1) is 0 Å². The van der Waals surface area contributed by atoms with Gasteiger partial charge in [0.25, 0.3) is 0 Å². The lowest BCUT2D eigenvalue weighted by molar-refractivity contribution is -0.150. The van der Waals surface area contributed by atoms with Crippen LogP contribution in [0, 0.1) is 0 Å². The van der Waals surface area contributed by atoms with Gasteiger partial charge in [-0.2, -0.15) is 0 Å². The topological polar surface area (TPSA) is 73.6 Å². The average molecular weight is 264 g/mol. The number of carbonyl (C=O) groups is 1. The first kappa shape index (κ1) is 14.0. The first-order valence-corrected chi connectivity index (χ1v) is 6.57. The fourth-order valence-electron chi connectivity index (χ4n) is 2.22. The van der Waals surface area contributed by atoms with Gasteiger partial charge in [-0.3, -0.25) is 0 Å². The van der Waals surface area contributed by atoms with Gasteiger partial charge in [-0.05, 0) is 24.5 Å². The second-order valence-electron chi connectivity index (χ2n) is 4.46. The fourth-order valence-corrected chi connectivity index (χ4v) is 2.22. The number of nitrogens with one attached hydrogen (secondary N) is 1. The number of rotatable bonds is 5. The molecule has 19 heavy (non-hydrogen) atoms. The Morgan fingerprint density at radius 1 is 1.53 bits per heavy atom. The highest BCUT2D eigenvalue weighted by atomic mass is 16.6.